The highest BCUT2D eigenvalue weighted by molar-refractivity contribution is 7.99. The first-order chi connectivity index (χ1) is 10.2. The number of benzene rings is 1. The third-order valence-electron chi connectivity index (χ3n) is 3.73. The topological polar surface area (TPSA) is 64.0 Å². The first kappa shape index (κ1) is 14.1. The molecular formula is C15H17N3O2S. The third-order valence-corrected chi connectivity index (χ3v) is 4.78. The number of carbonyl (C=O) groups excluding carboxylic acids is 1. The van der Waals surface area contributed by atoms with Crippen molar-refractivity contribution in [3.05, 3.63) is 40.2 Å². The minimum atomic E-state index is -0.363. The second-order valence-corrected chi connectivity index (χ2v) is 6.40. The van der Waals surface area contributed by atoms with Gasteiger partial charge >= 0.3 is 0 Å². The normalized spacial score (nSPS) is 16.0. The van der Waals surface area contributed by atoms with Crippen molar-refractivity contribution in [3.63, 3.8) is 0 Å². The van der Waals surface area contributed by atoms with Crippen LogP contribution in [0.1, 0.15) is 23.3 Å². The number of rotatable bonds is 2. The average Bonchev–Trinajstić information content (AvgIpc) is 2.52. The summed E-state index contributed by atoms with van der Waals surface area (Å²) in [4.78, 5) is 24.8. The van der Waals surface area contributed by atoms with E-state index in [2.05, 4.69) is 10.4 Å². The largest absolute Gasteiger partial charge is 0.348 e. The maximum Gasteiger partial charge on any atom is 0.276 e. The Hall–Kier alpha value is -1.82. The summed E-state index contributed by atoms with van der Waals surface area (Å²) in [6.07, 6.45) is 1.90. The number of nitrogens with zero attached hydrogens (tertiary/aromatic N) is 2. The van der Waals surface area contributed by atoms with Crippen LogP contribution in [0.2, 0.25) is 0 Å². The fourth-order valence-corrected chi connectivity index (χ4v) is 3.68. The Kier molecular flexibility index (Phi) is 3.96. The first-order valence-corrected chi connectivity index (χ1v) is 8.17. The molecule has 0 unspecified atom stereocenters. The molecule has 21 heavy (non-hydrogen) atoms. The Morgan fingerprint density at radius 2 is 2.05 bits per heavy atom. The number of fused-ring (bicyclic) bond motifs is 1. The van der Waals surface area contributed by atoms with Crippen molar-refractivity contribution >= 4 is 28.6 Å². The zero-order chi connectivity index (χ0) is 14.8. The van der Waals surface area contributed by atoms with Gasteiger partial charge in [0.2, 0.25) is 5.43 Å². The van der Waals surface area contributed by atoms with Crippen LogP contribution in [0.3, 0.4) is 0 Å². The van der Waals surface area contributed by atoms with Gasteiger partial charge in [0.15, 0.2) is 5.69 Å². The molecule has 1 aromatic heterocycles. The molecule has 3 rings (SSSR count). The number of carbonyl (C=O) groups is 1. The lowest BCUT2D eigenvalue weighted by atomic mass is 10.1. The lowest BCUT2D eigenvalue weighted by molar-refractivity contribution is 0.0927. The number of hydrogen-bond acceptors (Lipinski definition) is 4. The molecule has 2 aromatic rings. The van der Waals surface area contributed by atoms with E-state index in [0.29, 0.717) is 5.39 Å². The molecule has 1 fully saturated rings. The van der Waals surface area contributed by atoms with Gasteiger partial charge < -0.3 is 5.32 Å². The molecule has 1 aromatic carbocycles. The highest BCUT2D eigenvalue weighted by atomic mass is 32.2. The van der Waals surface area contributed by atoms with Crippen molar-refractivity contribution in [1.29, 1.82) is 0 Å². The van der Waals surface area contributed by atoms with Gasteiger partial charge in [0.05, 0.1) is 5.52 Å². The second kappa shape index (κ2) is 5.89. The fraction of sp³-hybridized carbons (Fsp3) is 0.400. The average molecular weight is 303 g/mol. The molecule has 0 bridgehead atoms. The standard InChI is InChI=1S/C15H17N3O2S/c1-18-12-5-3-2-4-11(12)14(19)13(17-18)15(20)16-10-6-8-21-9-7-10/h2-5,10H,6-9H2,1H3,(H,16,20). The molecule has 1 amide bonds. The molecule has 1 aliphatic heterocycles. The smallest absolute Gasteiger partial charge is 0.276 e. The number of amides is 1. The second-order valence-electron chi connectivity index (χ2n) is 5.18. The lowest BCUT2D eigenvalue weighted by Gasteiger charge is -2.22. The van der Waals surface area contributed by atoms with Crippen molar-refractivity contribution in [2.24, 2.45) is 7.05 Å². The molecule has 0 spiro atoms. The van der Waals surface area contributed by atoms with Crippen molar-refractivity contribution in [1.82, 2.24) is 15.1 Å². The molecule has 2 heterocycles. The number of aromatic nitrogens is 2. The highest BCUT2D eigenvalue weighted by Gasteiger charge is 2.21. The van der Waals surface area contributed by atoms with Gasteiger partial charge in [-0.05, 0) is 36.5 Å². The summed E-state index contributed by atoms with van der Waals surface area (Å²) in [5.41, 5.74) is 0.411. The molecule has 1 aliphatic rings. The number of thioether (sulfide) groups is 1. The monoisotopic (exact) mass is 303 g/mol. The molecule has 0 aliphatic carbocycles. The van der Waals surface area contributed by atoms with Gasteiger partial charge in [0, 0.05) is 18.5 Å². The Morgan fingerprint density at radius 1 is 1.33 bits per heavy atom. The summed E-state index contributed by atoms with van der Waals surface area (Å²) in [5, 5.41) is 7.62. The van der Waals surface area contributed by atoms with Crippen LogP contribution in [0.25, 0.3) is 10.9 Å². The van der Waals surface area contributed by atoms with Gasteiger partial charge in [-0.25, -0.2) is 0 Å². The fourth-order valence-electron chi connectivity index (χ4n) is 2.57. The van der Waals surface area contributed by atoms with Gasteiger partial charge in [-0.3, -0.25) is 14.3 Å². The summed E-state index contributed by atoms with van der Waals surface area (Å²) >= 11 is 1.90. The van der Waals surface area contributed by atoms with Gasteiger partial charge in [0.1, 0.15) is 0 Å². The predicted octanol–water partition coefficient (Wildman–Crippen LogP) is 1.56. The van der Waals surface area contributed by atoms with Gasteiger partial charge in [-0.15, -0.1) is 0 Å². The van der Waals surface area contributed by atoms with Crippen LogP contribution >= 0.6 is 11.8 Å². The molecule has 0 radical (unpaired) electrons. The summed E-state index contributed by atoms with van der Waals surface area (Å²) in [7, 11) is 1.75. The molecule has 110 valence electrons. The molecule has 1 N–H and O–H groups in total. The van der Waals surface area contributed by atoms with Crippen LogP contribution in [0.4, 0.5) is 0 Å². The Morgan fingerprint density at radius 3 is 2.81 bits per heavy atom. The minimum Gasteiger partial charge on any atom is -0.348 e. The summed E-state index contributed by atoms with van der Waals surface area (Å²) in [6.45, 7) is 0. The Labute approximate surface area is 126 Å². The third kappa shape index (κ3) is 2.81. The number of para-hydroxylation sites is 1. The van der Waals surface area contributed by atoms with Crippen LogP contribution in [0.15, 0.2) is 29.1 Å². The molecular weight excluding hydrogens is 286 g/mol. The van der Waals surface area contributed by atoms with Crippen LogP contribution in [0.5, 0.6) is 0 Å². The summed E-state index contributed by atoms with van der Waals surface area (Å²) in [6, 6.07) is 7.35. The number of hydrogen-bond donors (Lipinski definition) is 1. The van der Waals surface area contributed by atoms with Crippen LogP contribution in [0, 0.1) is 0 Å². The number of aryl methyl sites for hydroxylation is 1. The van der Waals surface area contributed by atoms with E-state index >= 15 is 0 Å². The first-order valence-electron chi connectivity index (χ1n) is 7.01. The maximum atomic E-state index is 12.4. The Bertz CT molecular complexity index is 735. The van der Waals surface area contributed by atoms with E-state index in [1.165, 1.54) is 0 Å². The maximum absolute atomic E-state index is 12.4. The van der Waals surface area contributed by atoms with E-state index in [-0.39, 0.29) is 23.1 Å². The zero-order valence-corrected chi connectivity index (χ0v) is 12.7. The predicted molar refractivity (Wildman–Crippen MR) is 84.8 cm³/mol. The van der Waals surface area contributed by atoms with E-state index in [1.54, 1.807) is 23.9 Å². The van der Waals surface area contributed by atoms with Crippen LogP contribution < -0.4 is 10.7 Å². The van der Waals surface area contributed by atoms with Crippen LogP contribution in [-0.4, -0.2) is 33.2 Å². The Balaban J connectivity index is 1.94. The van der Waals surface area contributed by atoms with Gasteiger partial charge in [0.25, 0.3) is 5.91 Å². The van der Waals surface area contributed by atoms with Crippen molar-refractivity contribution in [2.45, 2.75) is 18.9 Å². The molecule has 5 nitrogen and oxygen atoms in total. The highest BCUT2D eigenvalue weighted by Crippen LogP contribution is 2.17. The summed E-state index contributed by atoms with van der Waals surface area (Å²) in [5.74, 6) is 1.74. The van der Waals surface area contributed by atoms with Gasteiger partial charge in [-0.2, -0.15) is 16.9 Å². The van der Waals surface area contributed by atoms with Crippen molar-refractivity contribution in [2.75, 3.05) is 11.5 Å². The molecule has 0 saturated carbocycles. The molecule has 6 heteroatoms. The molecule has 1 saturated heterocycles. The quantitative estimate of drug-likeness (QED) is 0.914. The molecule has 0 atom stereocenters. The SMILES string of the molecule is Cn1nc(C(=O)NC2CCSCC2)c(=O)c2ccccc21. The van der Waals surface area contributed by atoms with E-state index in [4.69, 9.17) is 0 Å². The van der Waals surface area contributed by atoms with E-state index < -0.39 is 0 Å². The number of nitrogens with one attached hydrogen (secondary N) is 1. The van der Waals surface area contributed by atoms with Crippen molar-refractivity contribution < 1.29 is 4.79 Å². The van der Waals surface area contributed by atoms with E-state index in [1.807, 2.05) is 23.9 Å². The van der Waals surface area contributed by atoms with E-state index in [9.17, 15) is 9.59 Å². The van der Waals surface area contributed by atoms with Gasteiger partial charge in [-0.1, -0.05) is 12.1 Å². The summed E-state index contributed by atoms with van der Waals surface area (Å²) < 4.78 is 1.59. The van der Waals surface area contributed by atoms with E-state index in [0.717, 1.165) is 29.9 Å². The lowest BCUT2D eigenvalue weighted by Crippen LogP contribution is -2.40. The zero-order valence-electron chi connectivity index (χ0n) is 11.8. The van der Waals surface area contributed by atoms with Crippen LogP contribution in [-0.2, 0) is 7.05 Å². The van der Waals surface area contributed by atoms with Crippen molar-refractivity contribution in [3.8, 4) is 0 Å². The minimum absolute atomic E-state index is 0.0190.